The normalized spacial score (nSPS) is 16.8. The van der Waals surface area contributed by atoms with Crippen LogP contribution in [0.2, 0.25) is 0 Å². The number of anilines is 1. The van der Waals surface area contributed by atoms with Gasteiger partial charge in [0.2, 0.25) is 5.88 Å². The van der Waals surface area contributed by atoms with Crippen LogP contribution < -0.4 is 14.8 Å². The summed E-state index contributed by atoms with van der Waals surface area (Å²) in [4.78, 5) is 22.6. The van der Waals surface area contributed by atoms with Crippen molar-refractivity contribution in [2.45, 2.75) is 32.8 Å². The summed E-state index contributed by atoms with van der Waals surface area (Å²) in [6.07, 6.45) is 3.40. The van der Waals surface area contributed by atoms with Crippen LogP contribution in [-0.2, 0) is 0 Å². The van der Waals surface area contributed by atoms with Crippen molar-refractivity contribution < 1.29 is 14.3 Å². The van der Waals surface area contributed by atoms with E-state index in [9.17, 15) is 4.79 Å². The van der Waals surface area contributed by atoms with Crippen molar-refractivity contribution in [3.63, 3.8) is 0 Å². The fourth-order valence-corrected chi connectivity index (χ4v) is 2.89. The minimum atomic E-state index is -0.124. The Hall–Kier alpha value is -2.83. The number of likely N-dealkylation sites (tertiary alicyclic amines) is 1. The average Bonchev–Trinajstić information content (AvgIpc) is 2.64. The van der Waals surface area contributed by atoms with Gasteiger partial charge in [0, 0.05) is 24.5 Å². The zero-order valence-corrected chi connectivity index (χ0v) is 15.1. The number of carbonyl (C=O) groups excluding carboxylic acids is 1. The second kappa shape index (κ2) is 8.51. The van der Waals surface area contributed by atoms with Crippen molar-refractivity contribution in [1.29, 1.82) is 0 Å². The van der Waals surface area contributed by atoms with E-state index >= 15 is 0 Å². The molecule has 2 amide bonds. The van der Waals surface area contributed by atoms with Crippen molar-refractivity contribution in [1.82, 2.24) is 14.9 Å². The molecule has 1 aromatic heterocycles. The Balaban J connectivity index is 1.55. The number of carbonyl (C=O) groups is 1. The van der Waals surface area contributed by atoms with E-state index in [0.717, 1.165) is 24.3 Å². The molecule has 1 fully saturated rings. The van der Waals surface area contributed by atoms with Crippen LogP contribution in [0.25, 0.3) is 0 Å². The maximum absolute atomic E-state index is 12.5. The topological polar surface area (TPSA) is 76.6 Å². The Labute approximate surface area is 153 Å². The van der Waals surface area contributed by atoms with E-state index in [4.69, 9.17) is 9.47 Å². The third-order valence-corrected chi connectivity index (χ3v) is 4.12. The first-order valence-corrected chi connectivity index (χ1v) is 8.89. The Bertz CT molecular complexity index is 736. The van der Waals surface area contributed by atoms with Gasteiger partial charge in [-0.05, 0) is 51.0 Å². The zero-order chi connectivity index (χ0) is 18.4. The van der Waals surface area contributed by atoms with Gasteiger partial charge in [-0.25, -0.2) is 9.78 Å². The SMILES string of the molecule is CCOc1ccc(NC(=O)N2CCCC(Oc3ccnc(C)n3)C2)cc1. The van der Waals surface area contributed by atoms with Gasteiger partial charge in [0.15, 0.2) is 0 Å². The van der Waals surface area contributed by atoms with E-state index in [0.29, 0.717) is 31.4 Å². The number of amides is 2. The fraction of sp³-hybridized carbons (Fsp3) is 0.421. The van der Waals surface area contributed by atoms with Crippen molar-refractivity contribution in [3.05, 3.63) is 42.4 Å². The standard InChI is InChI=1S/C19H24N4O3/c1-3-25-16-8-6-15(7-9-16)22-19(24)23-12-4-5-17(13-23)26-18-10-11-20-14(2)21-18/h6-11,17H,3-5,12-13H2,1-2H3,(H,22,24). The number of hydrogen-bond acceptors (Lipinski definition) is 5. The van der Waals surface area contributed by atoms with E-state index in [1.807, 2.05) is 38.1 Å². The van der Waals surface area contributed by atoms with Gasteiger partial charge in [-0.15, -0.1) is 0 Å². The minimum absolute atomic E-state index is 0.0656. The number of aryl methyl sites for hydroxylation is 1. The summed E-state index contributed by atoms with van der Waals surface area (Å²) in [5.41, 5.74) is 0.743. The Morgan fingerprint density at radius 3 is 2.85 bits per heavy atom. The van der Waals surface area contributed by atoms with Gasteiger partial charge in [0.25, 0.3) is 0 Å². The lowest BCUT2D eigenvalue weighted by atomic mass is 10.1. The summed E-state index contributed by atoms with van der Waals surface area (Å²) in [6, 6.07) is 8.99. The quantitative estimate of drug-likeness (QED) is 0.890. The predicted molar refractivity (Wildman–Crippen MR) is 98.6 cm³/mol. The van der Waals surface area contributed by atoms with Gasteiger partial charge in [0.05, 0.1) is 13.2 Å². The molecule has 1 aromatic carbocycles. The average molecular weight is 356 g/mol. The number of urea groups is 1. The second-order valence-electron chi connectivity index (χ2n) is 6.16. The van der Waals surface area contributed by atoms with E-state index in [1.165, 1.54) is 0 Å². The van der Waals surface area contributed by atoms with Crippen LogP contribution in [0.5, 0.6) is 11.6 Å². The molecule has 7 nitrogen and oxygen atoms in total. The number of nitrogens with zero attached hydrogens (tertiary/aromatic N) is 3. The summed E-state index contributed by atoms with van der Waals surface area (Å²) in [7, 11) is 0. The minimum Gasteiger partial charge on any atom is -0.494 e. The molecule has 2 heterocycles. The molecular formula is C19H24N4O3. The maximum atomic E-state index is 12.5. The number of aromatic nitrogens is 2. The summed E-state index contributed by atoms with van der Waals surface area (Å²) >= 11 is 0. The lowest BCUT2D eigenvalue weighted by Crippen LogP contribution is -2.46. The lowest BCUT2D eigenvalue weighted by Gasteiger charge is -2.32. The highest BCUT2D eigenvalue weighted by Gasteiger charge is 2.25. The molecule has 1 N–H and O–H groups in total. The predicted octanol–water partition coefficient (Wildman–Crippen LogP) is 3.26. The maximum Gasteiger partial charge on any atom is 0.321 e. The smallest absolute Gasteiger partial charge is 0.321 e. The molecule has 2 aromatic rings. The summed E-state index contributed by atoms with van der Waals surface area (Å²) in [5.74, 6) is 2.01. The first-order chi connectivity index (χ1) is 12.6. The molecule has 0 radical (unpaired) electrons. The third-order valence-electron chi connectivity index (χ3n) is 4.12. The molecule has 0 aliphatic carbocycles. The highest BCUT2D eigenvalue weighted by atomic mass is 16.5. The molecule has 1 aliphatic heterocycles. The molecule has 26 heavy (non-hydrogen) atoms. The highest BCUT2D eigenvalue weighted by molar-refractivity contribution is 5.89. The molecule has 1 atom stereocenters. The Morgan fingerprint density at radius 2 is 2.12 bits per heavy atom. The van der Waals surface area contributed by atoms with Crippen LogP contribution >= 0.6 is 0 Å². The van der Waals surface area contributed by atoms with Gasteiger partial charge >= 0.3 is 6.03 Å². The fourth-order valence-electron chi connectivity index (χ4n) is 2.89. The molecule has 0 spiro atoms. The van der Waals surface area contributed by atoms with E-state index in [1.54, 1.807) is 17.2 Å². The summed E-state index contributed by atoms with van der Waals surface area (Å²) in [5, 5.41) is 2.92. The molecular weight excluding hydrogens is 332 g/mol. The molecule has 0 bridgehead atoms. The lowest BCUT2D eigenvalue weighted by molar-refractivity contribution is 0.102. The second-order valence-corrected chi connectivity index (χ2v) is 6.16. The number of benzene rings is 1. The van der Waals surface area contributed by atoms with Crippen LogP contribution in [0.4, 0.5) is 10.5 Å². The number of nitrogens with one attached hydrogen (secondary N) is 1. The van der Waals surface area contributed by atoms with Crippen LogP contribution in [0.1, 0.15) is 25.6 Å². The number of rotatable bonds is 5. The molecule has 7 heteroatoms. The first kappa shape index (κ1) is 18.0. The third kappa shape index (κ3) is 4.84. The summed E-state index contributed by atoms with van der Waals surface area (Å²) in [6.45, 7) is 5.63. The zero-order valence-electron chi connectivity index (χ0n) is 15.1. The van der Waals surface area contributed by atoms with E-state index in [2.05, 4.69) is 15.3 Å². The Kier molecular flexibility index (Phi) is 5.88. The van der Waals surface area contributed by atoms with Crippen LogP contribution in [0.15, 0.2) is 36.5 Å². The first-order valence-electron chi connectivity index (χ1n) is 8.89. The van der Waals surface area contributed by atoms with Gasteiger partial charge in [-0.3, -0.25) is 0 Å². The Morgan fingerprint density at radius 1 is 1.31 bits per heavy atom. The molecule has 0 saturated carbocycles. The van der Waals surface area contributed by atoms with Gasteiger partial charge in [-0.1, -0.05) is 0 Å². The largest absolute Gasteiger partial charge is 0.494 e. The van der Waals surface area contributed by atoms with Crippen LogP contribution in [0.3, 0.4) is 0 Å². The number of ether oxygens (including phenoxy) is 2. The summed E-state index contributed by atoms with van der Waals surface area (Å²) < 4.78 is 11.3. The molecule has 1 aliphatic rings. The van der Waals surface area contributed by atoms with E-state index < -0.39 is 0 Å². The number of hydrogen-bond donors (Lipinski definition) is 1. The van der Waals surface area contributed by atoms with Crippen LogP contribution in [0, 0.1) is 6.92 Å². The molecule has 138 valence electrons. The van der Waals surface area contributed by atoms with Crippen molar-refractivity contribution in [2.75, 3.05) is 25.0 Å². The van der Waals surface area contributed by atoms with Gasteiger partial charge in [0.1, 0.15) is 17.7 Å². The van der Waals surface area contributed by atoms with E-state index in [-0.39, 0.29) is 12.1 Å². The molecule has 3 rings (SSSR count). The van der Waals surface area contributed by atoms with Crippen molar-refractivity contribution in [3.8, 4) is 11.6 Å². The van der Waals surface area contributed by atoms with Crippen molar-refractivity contribution >= 4 is 11.7 Å². The van der Waals surface area contributed by atoms with Crippen molar-refractivity contribution in [2.24, 2.45) is 0 Å². The highest BCUT2D eigenvalue weighted by Crippen LogP contribution is 2.19. The van der Waals surface area contributed by atoms with Gasteiger partial charge < -0.3 is 19.7 Å². The number of piperidine rings is 1. The monoisotopic (exact) mass is 356 g/mol. The molecule has 1 saturated heterocycles. The van der Waals surface area contributed by atoms with Crippen LogP contribution in [-0.4, -0.2) is 46.7 Å². The van der Waals surface area contributed by atoms with Gasteiger partial charge in [-0.2, -0.15) is 4.98 Å². The molecule has 1 unspecified atom stereocenters.